The van der Waals surface area contributed by atoms with Gasteiger partial charge in [0.05, 0.1) is 12.3 Å². The minimum absolute atomic E-state index is 0.334. The zero-order chi connectivity index (χ0) is 8.55. The predicted octanol–water partition coefficient (Wildman–Crippen LogP) is 2.93. The predicted molar refractivity (Wildman–Crippen MR) is 47.9 cm³/mol. The van der Waals surface area contributed by atoms with Crippen LogP contribution >= 0.6 is 23.2 Å². The number of hydrogen-bond acceptors (Lipinski definition) is 2. The number of pyridine rings is 1. The SMILES string of the molecule is Clc1cc(OC2CC2)c(Cl)cn1. The molecule has 0 amide bonds. The first-order chi connectivity index (χ1) is 5.75. The van der Waals surface area contributed by atoms with E-state index >= 15 is 0 Å². The molecular formula is C8H7Cl2NO. The molecule has 1 aliphatic rings. The quantitative estimate of drug-likeness (QED) is 0.691. The Hall–Kier alpha value is -0.470. The lowest BCUT2D eigenvalue weighted by Crippen LogP contribution is -1.96. The van der Waals surface area contributed by atoms with Gasteiger partial charge in [0.2, 0.25) is 0 Å². The molecule has 0 aromatic carbocycles. The summed E-state index contributed by atoms with van der Waals surface area (Å²) in [5.41, 5.74) is 0. The first kappa shape index (κ1) is 8.14. The van der Waals surface area contributed by atoms with Gasteiger partial charge in [-0.25, -0.2) is 4.98 Å². The maximum Gasteiger partial charge on any atom is 0.142 e. The smallest absolute Gasteiger partial charge is 0.142 e. The van der Waals surface area contributed by atoms with E-state index in [-0.39, 0.29) is 0 Å². The normalized spacial score (nSPS) is 16.2. The molecule has 0 N–H and O–H groups in total. The Balaban J connectivity index is 2.21. The Kier molecular flexibility index (Phi) is 2.11. The van der Waals surface area contributed by atoms with Crippen molar-refractivity contribution in [1.82, 2.24) is 4.98 Å². The molecule has 12 heavy (non-hydrogen) atoms. The Morgan fingerprint density at radius 2 is 2.17 bits per heavy atom. The summed E-state index contributed by atoms with van der Waals surface area (Å²) in [5, 5.41) is 0.932. The van der Waals surface area contributed by atoms with E-state index in [1.54, 1.807) is 6.07 Å². The molecule has 0 unspecified atom stereocenters. The van der Waals surface area contributed by atoms with Gasteiger partial charge in [-0.05, 0) is 12.8 Å². The summed E-state index contributed by atoms with van der Waals surface area (Å²) in [6, 6.07) is 1.64. The number of ether oxygens (including phenoxy) is 1. The van der Waals surface area contributed by atoms with E-state index in [0.717, 1.165) is 12.8 Å². The third-order valence-corrected chi connectivity index (χ3v) is 2.10. The number of nitrogens with zero attached hydrogens (tertiary/aromatic N) is 1. The Morgan fingerprint density at radius 3 is 2.83 bits per heavy atom. The van der Waals surface area contributed by atoms with Crippen LogP contribution < -0.4 is 4.74 Å². The number of hydrogen-bond donors (Lipinski definition) is 0. The van der Waals surface area contributed by atoms with Crippen LogP contribution in [-0.2, 0) is 0 Å². The van der Waals surface area contributed by atoms with Gasteiger partial charge in [-0.3, -0.25) is 0 Å². The highest BCUT2D eigenvalue weighted by molar-refractivity contribution is 6.33. The van der Waals surface area contributed by atoms with Gasteiger partial charge in [-0.15, -0.1) is 0 Å². The molecule has 2 nitrogen and oxygen atoms in total. The molecule has 2 rings (SSSR count). The lowest BCUT2D eigenvalue weighted by atomic mass is 10.4. The first-order valence-electron chi connectivity index (χ1n) is 3.73. The van der Waals surface area contributed by atoms with Crippen LogP contribution in [0.2, 0.25) is 10.2 Å². The van der Waals surface area contributed by atoms with Crippen molar-refractivity contribution in [2.45, 2.75) is 18.9 Å². The van der Waals surface area contributed by atoms with Crippen LogP contribution in [0.15, 0.2) is 12.3 Å². The molecule has 1 fully saturated rings. The van der Waals surface area contributed by atoms with Crippen molar-refractivity contribution in [3.63, 3.8) is 0 Å². The molecule has 1 aromatic rings. The second kappa shape index (κ2) is 3.11. The van der Waals surface area contributed by atoms with Crippen LogP contribution in [0.4, 0.5) is 0 Å². The fourth-order valence-corrected chi connectivity index (χ4v) is 1.15. The molecule has 0 atom stereocenters. The van der Waals surface area contributed by atoms with Crippen LogP contribution in [-0.4, -0.2) is 11.1 Å². The summed E-state index contributed by atoms with van der Waals surface area (Å²) >= 11 is 11.5. The fourth-order valence-electron chi connectivity index (χ4n) is 0.852. The summed E-state index contributed by atoms with van der Waals surface area (Å²) in [5.74, 6) is 0.638. The third kappa shape index (κ3) is 1.82. The average molecular weight is 204 g/mol. The molecule has 0 radical (unpaired) electrons. The molecular weight excluding hydrogens is 197 g/mol. The van der Waals surface area contributed by atoms with Crippen LogP contribution in [0.1, 0.15) is 12.8 Å². The molecule has 1 aromatic heterocycles. The molecule has 4 heteroatoms. The monoisotopic (exact) mass is 203 g/mol. The van der Waals surface area contributed by atoms with E-state index in [1.165, 1.54) is 6.20 Å². The standard InChI is InChI=1S/C8H7Cl2NO/c9-6-4-11-8(10)3-7(6)12-5-1-2-5/h3-5H,1-2H2. The van der Waals surface area contributed by atoms with Crippen molar-refractivity contribution >= 4 is 23.2 Å². The zero-order valence-corrected chi connectivity index (χ0v) is 7.77. The van der Waals surface area contributed by atoms with E-state index in [1.807, 2.05) is 0 Å². The van der Waals surface area contributed by atoms with Gasteiger partial charge in [0.1, 0.15) is 15.9 Å². The molecule has 0 aliphatic heterocycles. The van der Waals surface area contributed by atoms with Crippen LogP contribution in [0, 0.1) is 0 Å². The van der Waals surface area contributed by atoms with E-state index in [0.29, 0.717) is 22.0 Å². The molecule has 1 saturated carbocycles. The largest absolute Gasteiger partial charge is 0.489 e. The molecule has 64 valence electrons. The maximum atomic E-state index is 5.82. The number of rotatable bonds is 2. The highest BCUT2D eigenvalue weighted by Crippen LogP contribution is 2.32. The van der Waals surface area contributed by atoms with Gasteiger partial charge in [0.25, 0.3) is 0 Å². The minimum Gasteiger partial charge on any atom is -0.489 e. The van der Waals surface area contributed by atoms with Gasteiger partial charge in [0, 0.05) is 6.07 Å². The van der Waals surface area contributed by atoms with Gasteiger partial charge in [-0.2, -0.15) is 0 Å². The summed E-state index contributed by atoms with van der Waals surface area (Å²) < 4.78 is 5.48. The molecule has 0 spiro atoms. The number of halogens is 2. The Bertz CT molecular complexity index is 299. The summed E-state index contributed by atoms with van der Waals surface area (Å²) in [4.78, 5) is 3.82. The minimum atomic E-state index is 0.334. The van der Waals surface area contributed by atoms with Crippen molar-refractivity contribution in [2.24, 2.45) is 0 Å². The Labute approximate surface area is 80.5 Å². The summed E-state index contributed by atoms with van der Waals surface area (Å²) in [6.45, 7) is 0. The molecule has 1 heterocycles. The van der Waals surface area contributed by atoms with Gasteiger partial charge >= 0.3 is 0 Å². The third-order valence-electron chi connectivity index (χ3n) is 1.60. The van der Waals surface area contributed by atoms with Crippen LogP contribution in [0.25, 0.3) is 0 Å². The van der Waals surface area contributed by atoms with Gasteiger partial charge < -0.3 is 4.74 Å². The van der Waals surface area contributed by atoms with Crippen molar-refractivity contribution < 1.29 is 4.74 Å². The molecule has 0 bridgehead atoms. The topological polar surface area (TPSA) is 22.1 Å². The lowest BCUT2D eigenvalue weighted by Gasteiger charge is -2.05. The van der Waals surface area contributed by atoms with Crippen LogP contribution in [0.3, 0.4) is 0 Å². The summed E-state index contributed by atoms with van der Waals surface area (Å²) in [6.07, 6.45) is 4.05. The number of aromatic nitrogens is 1. The average Bonchev–Trinajstić information content (AvgIpc) is 2.81. The van der Waals surface area contributed by atoms with E-state index < -0.39 is 0 Å². The highest BCUT2D eigenvalue weighted by atomic mass is 35.5. The first-order valence-corrected chi connectivity index (χ1v) is 4.49. The van der Waals surface area contributed by atoms with Gasteiger partial charge in [0.15, 0.2) is 0 Å². The van der Waals surface area contributed by atoms with E-state index in [4.69, 9.17) is 27.9 Å². The van der Waals surface area contributed by atoms with E-state index in [2.05, 4.69) is 4.98 Å². The van der Waals surface area contributed by atoms with Crippen molar-refractivity contribution in [2.75, 3.05) is 0 Å². The zero-order valence-electron chi connectivity index (χ0n) is 6.26. The fraction of sp³-hybridized carbons (Fsp3) is 0.375. The highest BCUT2D eigenvalue weighted by Gasteiger charge is 2.24. The Morgan fingerprint density at radius 1 is 1.42 bits per heavy atom. The van der Waals surface area contributed by atoms with Crippen LogP contribution in [0.5, 0.6) is 5.75 Å². The van der Waals surface area contributed by atoms with Gasteiger partial charge in [-0.1, -0.05) is 23.2 Å². The summed E-state index contributed by atoms with van der Waals surface area (Å²) in [7, 11) is 0. The maximum absolute atomic E-state index is 5.82. The molecule has 0 saturated heterocycles. The lowest BCUT2D eigenvalue weighted by molar-refractivity contribution is 0.303. The molecule has 1 aliphatic carbocycles. The van der Waals surface area contributed by atoms with Crippen molar-refractivity contribution in [3.8, 4) is 5.75 Å². The second-order valence-electron chi connectivity index (χ2n) is 2.75. The van der Waals surface area contributed by atoms with Crippen molar-refractivity contribution in [1.29, 1.82) is 0 Å². The van der Waals surface area contributed by atoms with Crippen molar-refractivity contribution in [3.05, 3.63) is 22.4 Å². The second-order valence-corrected chi connectivity index (χ2v) is 3.55. The van der Waals surface area contributed by atoms with E-state index in [9.17, 15) is 0 Å².